The zero-order valence-corrected chi connectivity index (χ0v) is 6.80. The molecule has 0 aromatic carbocycles. The Bertz CT molecular complexity index is 141. The fourth-order valence-electron chi connectivity index (χ4n) is 2.27. The van der Waals surface area contributed by atoms with Crippen molar-refractivity contribution >= 4 is 0 Å². The van der Waals surface area contributed by atoms with Crippen LogP contribution < -0.4 is 0 Å². The first-order chi connectivity index (χ1) is 4.62. The Morgan fingerprint density at radius 3 is 2.10 bits per heavy atom. The third-order valence-corrected chi connectivity index (χ3v) is 3.38. The Labute approximate surface area is 62.4 Å². The number of hydrogen-bond donors (Lipinski definition) is 1. The van der Waals surface area contributed by atoms with Crippen LogP contribution in [-0.4, -0.2) is 10.7 Å². The van der Waals surface area contributed by atoms with E-state index in [-0.39, 0.29) is 5.60 Å². The molecule has 0 bridgehead atoms. The molecule has 58 valence electrons. The van der Waals surface area contributed by atoms with E-state index in [0.717, 1.165) is 24.7 Å². The molecule has 0 aromatic heterocycles. The van der Waals surface area contributed by atoms with Crippen LogP contribution in [0.5, 0.6) is 0 Å². The van der Waals surface area contributed by atoms with Gasteiger partial charge < -0.3 is 5.11 Å². The van der Waals surface area contributed by atoms with Crippen LogP contribution in [0.25, 0.3) is 0 Å². The van der Waals surface area contributed by atoms with Crippen LogP contribution in [0.4, 0.5) is 0 Å². The van der Waals surface area contributed by atoms with Crippen molar-refractivity contribution in [3.63, 3.8) is 0 Å². The molecule has 2 saturated carbocycles. The van der Waals surface area contributed by atoms with Crippen LogP contribution in [0.15, 0.2) is 0 Å². The van der Waals surface area contributed by atoms with Crippen molar-refractivity contribution in [1.29, 1.82) is 0 Å². The molecule has 10 heavy (non-hydrogen) atoms. The van der Waals surface area contributed by atoms with Crippen LogP contribution in [0.2, 0.25) is 0 Å². The first kappa shape index (κ1) is 6.66. The predicted molar refractivity (Wildman–Crippen MR) is 40.6 cm³/mol. The van der Waals surface area contributed by atoms with Gasteiger partial charge in [-0.2, -0.15) is 0 Å². The summed E-state index contributed by atoms with van der Waals surface area (Å²) in [5.41, 5.74) is -0.284. The highest BCUT2D eigenvalue weighted by Gasteiger charge is 2.54. The summed E-state index contributed by atoms with van der Waals surface area (Å²) in [6, 6.07) is 0. The lowest BCUT2D eigenvalue weighted by atomic mass is 9.86. The molecule has 2 aliphatic rings. The molecule has 2 fully saturated rings. The number of hydrogen-bond acceptors (Lipinski definition) is 1. The Balaban J connectivity index is 2.04. The van der Waals surface area contributed by atoms with E-state index in [2.05, 4.69) is 13.8 Å². The summed E-state index contributed by atoms with van der Waals surface area (Å²) >= 11 is 0. The minimum atomic E-state index is -0.284. The number of rotatable bonds is 1. The van der Waals surface area contributed by atoms with Gasteiger partial charge in [0.05, 0.1) is 5.60 Å². The van der Waals surface area contributed by atoms with Gasteiger partial charge in [-0.15, -0.1) is 0 Å². The predicted octanol–water partition coefficient (Wildman–Crippen LogP) is 1.80. The SMILES string of the molecule is CC(C)C1(O)C[C@H]2C[C@H]2C1. The van der Waals surface area contributed by atoms with Gasteiger partial charge in [0.2, 0.25) is 0 Å². The first-order valence-corrected chi connectivity index (χ1v) is 4.34. The fraction of sp³-hybridized carbons (Fsp3) is 1.00. The summed E-state index contributed by atoms with van der Waals surface area (Å²) in [6.45, 7) is 4.26. The van der Waals surface area contributed by atoms with Gasteiger partial charge in [-0.25, -0.2) is 0 Å². The molecule has 0 spiro atoms. The van der Waals surface area contributed by atoms with Gasteiger partial charge in [-0.1, -0.05) is 13.8 Å². The van der Waals surface area contributed by atoms with Gasteiger partial charge in [0, 0.05) is 0 Å². The van der Waals surface area contributed by atoms with Gasteiger partial charge >= 0.3 is 0 Å². The molecule has 1 N–H and O–H groups in total. The third-order valence-electron chi connectivity index (χ3n) is 3.38. The highest BCUT2D eigenvalue weighted by molar-refractivity contribution is 5.04. The summed E-state index contributed by atoms with van der Waals surface area (Å²) < 4.78 is 0. The second-order valence-corrected chi connectivity index (χ2v) is 4.42. The van der Waals surface area contributed by atoms with E-state index < -0.39 is 0 Å². The molecule has 2 aliphatic carbocycles. The molecule has 1 nitrogen and oxygen atoms in total. The zero-order chi connectivity index (χ0) is 7.35. The van der Waals surface area contributed by atoms with Gasteiger partial charge in [-0.3, -0.25) is 0 Å². The fourth-order valence-corrected chi connectivity index (χ4v) is 2.27. The van der Waals surface area contributed by atoms with Crippen LogP contribution in [0, 0.1) is 17.8 Å². The lowest BCUT2D eigenvalue weighted by Gasteiger charge is -2.28. The van der Waals surface area contributed by atoms with Gasteiger partial charge in [-0.05, 0) is 37.0 Å². The maximum Gasteiger partial charge on any atom is 0.0676 e. The average molecular weight is 140 g/mol. The van der Waals surface area contributed by atoms with Gasteiger partial charge in [0.1, 0.15) is 0 Å². The summed E-state index contributed by atoms with van der Waals surface area (Å²) in [5, 5.41) is 9.97. The molecule has 1 unspecified atom stereocenters. The summed E-state index contributed by atoms with van der Waals surface area (Å²) in [4.78, 5) is 0. The summed E-state index contributed by atoms with van der Waals surface area (Å²) in [6.07, 6.45) is 3.56. The highest BCUT2D eigenvalue weighted by atomic mass is 16.3. The normalized spacial score (nSPS) is 51.6. The summed E-state index contributed by atoms with van der Waals surface area (Å²) in [5.74, 6) is 2.25. The monoisotopic (exact) mass is 140 g/mol. The maximum absolute atomic E-state index is 9.97. The first-order valence-electron chi connectivity index (χ1n) is 4.34. The quantitative estimate of drug-likeness (QED) is 0.589. The smallest absolute Gasteiger partial charge is 0.0676 e. The standard InChI is InChI=1S/C9H16O/c1-6(2)9(10)4-7-3-8(7)5-9/h6-8,10H,3-5H2,1-2H3/t7-,8+,9?. The van der Waals surface area contributed by atoms with Crippen LogP contribution in [-0.2, 0) is 0 Å². The lowest BCUT2D eigenvalue weighted by Crippen LogP contribution is -2.32. The topological polar surface area (TPSA) is 20.2 Å². The molecule has 0 amide bonds. The van der Waals surface area contributed by atoms with E-state index in [1.807, 2.05) is 0 Å². The zero-order valence-electron chi connectivity index (χ0n) is 6.80. The molecule has 0 saturated heterocycles. The Morgan fingerprint density at radius 2 is 1.80 bits per heavy atom. The van der Waals surface area contributed by atoms with Crippen molar-refractivity contribution in [2.45, 2.75) is 38.7 Å². The van der Waals surface area contributed by atoms with Crippen molar-refractivity contribution in [2.24, 2.45) is 17.8 Å². The molecule has 0 aliphatic heterocycles. The van der Waals surface area contributed by atoms with Crippen LogP contribution in [0.1, 0.15) is 33.1 Å². The van der Waals surface area contributed by atoms with Gasteiger partial charge in [0.15, 0.2) is 0 Å². The number of fused-ring (bicyclic) bond motifs is 1. The average Bonchev–Trinajstić information content (AvgIpc) is 2.41. The molecular weight excluding hydrogens is 124 g/mol. The maximum atomic E-state index is 9.97. The molecule has 0 heterocycles. The van der Waals surface area contributed by atoms with E-state index in [1.165, 1.54) is 6.42 Å². The van der Waals surface area contributed by atoms with Crippen molar-refractivity contribution in [3.8, 4) is 0 Å². The van der Waals surface area contributed by atoms with E-state index in [0.29, 0.717) is 5.92 Å². The largest absolute Gasteiger partial charge is 0.390 e. The van der Waals surface area contributed by atoms with Crippen molar-refractivity contribution < 1.29 is 5.11 Å². The van der Waals surface area contributed by atoms with Crippen molar-refractivity contribution in [3.05, 3.63) is 0 Å². The minimum absolute atomic E-state index is 0.284. The Morgan fingerprint density at radius 1 is 1.30 bits per heavy atom. The molecule has 3 atom stereocenters. The molecule has 0 radical (unpaired) electrons. The molecule has 0 aromatic rings. The second kappa shape index (κ2) is 1.76. The van der Waals surface area contributed by atoms with E-state index in [4.69, 9.17) is 0 Å². The third kappa shape index (κ3) is 0.800. The lowest BCUT2D eigenvalue weighted by molar-refractivity contribution is -0.00942. The Kier molecular flexibility index (Phi) is 1.17. The Hall–Kier alpha value is -0.0400. The van der Waals surface area contributed by atoms with Crippen molar-refractivity contribution in [1.82, 2.24) is 0 Å². The van der Waals surface area contributed by atoms with Crippen LogP contribution in [0.3, 0.4) is 0 Å². The van der Waals surface area contributed by atoms with E-state index in [1.54, 1.807) is 0 Å². The van der Waals surface area contributed by atoms with E-state index in [9.17, 15) is 5.11 Å². The van der Waals surface area contributed by atoms with Gasteiger partial charge in [0.25, 0.3) is 0 Å². The second-order valence-electron chi connectivity index (χ2n) is 4.42. The highest BCUT2D eigenvalue weighted by Crippen LogP contribution is 2.57. The molecule has 1 heteroatoms. The number of aliphatic hydroxyl groups is 1. The summed E-state index contributed by atoms with van der Waals surface area (Å²) in [7, 11) is 0. The van der Waals surface area contributed by atoms with Crippen molar-refractivity contribution in [2.75, 3.05) is 0 Å². The molecular formula is C9H16O. The molecule has 2 rings (SSSR count). The van der Waals surface area contributed by atoms with E-state index >= 15 is 0 Å². The van der Waals surface area contributed by atoms with Crippen LogP contribution >= 0.6 is 0 Å². The minimum Gasteiger partial charge on any atom is -0.390 e.